The van der Waals surface area contributed by atoms with Crippen LogP contribution in [0.25, 0.3) is 22.0 Å². The fourth-order valence-corrected chi connectivity index (χ4v) is 3.92. The molecule has 0 fully saturated rings. The minimum atomic E-state index is -0.893. The third-order valence-corrected chi connectivity index (χ3v) is 5.83. The van der Waals surface area contributed by atoms with Gasteiger partial charge in [-0.05, 0) is 35.7 Å². The molecule has 4 aromatic rings. The lowest BCUT2D eigenvalue weighted by Crippen LogP contribution is -2.33. The van der Waals surface area contributed by atoms with Gasteiger partial charge >= 0.3 is 11.8 Å². The molecule has 2 aromatic carbocycles. The standard InChI is InChI=1S/C23H23BrN4O5/c1-23(2,3)17(10-32-21(25)30)28-19(11-4-6-15-16(8-11)33-22(31)27-15)18-13-9-12(24)5-7-14(13)26-20(18)29/h4-9,17,26,29H,10H2,1-3H3,(H2,25,30)(H,27,31). The predicted octanol–water partition coefficient (Wildman–Crippen LogP) is 4.42. The Morgan fingerprint density at radius 2 is 1.94 bits per heavy atom. The molecule has 4 rings (SSSR count). The van der Waals surface area contributed by atoms with Gasteiger partial charge in [-0.1, -0.05) is 42.8 Å². The van der Waals surface area contributed by atoms with E-state index in [0.717, 1.165) is 9.86 Å². The molecule has 0 radical (unpaired) electrons. The van der Waals surface area contributed by atoms with Gasteiger partial charge in [-0.25, -0.2) is 9.59 Å². The van der Waals surface area contributed by atoms with Gasteiger partial charge in [-0.15, -0.1) is 0 Å². The molecule has 1 amide bonds. The van der Waals surface area contributed by atoms with Crippen molar-refractivity contribution in [3.05, 3.63) is 62.5 Å². The van der Waals surface area contributed by atoms with E-state index in [0.29, 0.717) is 33.5 Å². The van der Waals surface area contributed by atoms with E-state index in [1.807, 2.05) is 39.0 Å². The lowest BCUT2D eigenvalue weighted by Gasteiger charge is -2.27. The Bertz CT molecular complexity index is 1440. The summed E-state index contributed by atoms with van der Waals surface area (Å²) < 4.78 is 11.1. The second-order valence-corrected chi connectivity index (χ2v) is 9.67. The van der Waals surface area contributed by atoms with Gasteiger partial charge in [-0.2, -0.15) is 0 Å². The summed E-state index contributed by atoms with van der Waals surface area (Å²) in [7, 11) is 0. The molecule has 10 heteroatoms. The highest BCUT2D eigenvalue weighted by molar-refractivity contribution is 9.10. The molecule has 0 bridgehead atoms. The number of hydrogen-bond donors (Lipinski definition) is 4. The van der Waals surface area contributed by atoms with E-state index in [1.165, 1.54) is 0 Å². The number of carbonyl (C=O) groups is 1. The van der Waals surface area contributed by atoms with Crippen LogP contribution in [0.1, 0.15) is 31.9 Å². The fraction of sp³-hybridized carbons (Fsp3) is 0.261. The van der Waals surface area contributed by atoms with Crippen LogP contribution < -0.4 is 11.5 Å². The number of aromatic nitrogens is 2. The van der Waals surface area contributed by atoms with Crippen LogP contribution in [0.15, 0.2) is 55.1 Å². The van der Waals surface area contributed by atoms with Gasteiger partial charge in [0, 0.05) is 20.9 Å². The summed E-state index contributed by atoms with van der Waals surface area (Å²) in [6, 6.07) is 10.2. The molecule has 2 aromatic heterocycles. The summed E-state index contributed by atoms with van der Waals surface area (Å²) in [5, 5.41) is 11.6. The van der Waals surface area contributed by atoms with Crippen molar-refractivity contribution < 1.29 is 19.1 Å². The summed E-state index contributed by atoms with van der Waals surface area (Å²) in [5.74, 6) is -0.636. The molecule has 1 atom stereocenters. The summed E-state index contributed by atoms with van der Waals surface area (Å²) in [5.41, 5.74) is 7.91. The quantitative estimate of drug-likeness (QED) is 0.291. The highest BCUT2D eigenvalue weighted by Crippen LogP contribution is 2.34. The van der Waals surface area contributed by atoms with E-state index < -0.39 is 23.3 Å². The molecule has 0 aliphatic heterocycles. The van der Waals surface area contributed by atoms with Crippen LogP contribution in [0.5, 0.6) is 5.88 Å². The second kappa shape index (κ2) is 8.43. The Morgan fingerprint density at radius 1 is 1.21 bits per heavy atom. The number of rotatable bonds is 5. The number of nitrogens with one attached hydrogen (secondary N) is 2. The van der Waals surface area contributed by atoms with Gasteiger partial charge in [0.2, 0.25) is 0 Å². The summed E-state index contributed by atoms with van der Waals surface area (Å²) in [4.78, 5) is 33.5. The van der Waals surface area contributed by atoms with Crippen LogP contribution in [0, 0.1) is 5.41 Å². The zero-order valence-electron chi connectivity index (χ0n) is 18.2. The number of hydrogen-bond acceptors (Lipinski definition) is 6. The number of nitrogens with two attached hydrogens (primary N) is 1. The number of primary amides is 1. The first-order valence-electron chi connectivity index (χ1n) is 10.2. The summed E-state index contributed by atoms with van der Waals surface area (Å²) in [6.45, 7) is 5.84. The highest BCUT2D eigenvalue weighted by Gasteiger charge is 2.28. The number of fused-ring (bicyclic) bond motifs is 2. The van der Waals surface area contributed by atoms with E-state index in [9.17, 15) is 14.7 Å². The molecule has 0 spiro atoms. The van der Waals surface area contributed by atoms with Crippen LogP contribution in [-0.2, 0) is 4.74 Å². The number of H-pyrrole nitrogens is 2. The molecule has 2 heterocycles. The lowest BCUT2D eigenvalue weighted by atomic mass is 9.87. The second-order valence-electron chi connectivity index (χ2n) is 8.75. The number of oxazole rings is 1. The lowest BCUT2D eigenvalue weighted by molar-refractivity contribution is 0.128. The molecule has 0 saturated carbocycles. The average molecular weight is 515 g/mol. The van der Waals surface area contributed by atoms with Crippen molar-refractivity contribution in [2.45, 2.75) is 26.8 Å². The number of nitrogens with zero attached hydrogens (tertiary/aromatic N) is 1. The number of benzene rings is 2. The number of aliphatic imine (C=N–C) groups is 1. The molecule has 9 nitrogen and oxygen atoms in total. The molecular formula is C23H23BrN4O5. The number of carbonyl (C=O) groups excluding carboxylic acids is 1. The highest BCUT2D eigenvalue weighted by atomic mass is 79.9. The third-order valence-electron chi connectivity index (χ3n) is 5.34. The molecule has 0 saturated heterocycles. The van der Waals surface area contributed by atoms with Crippen molar-refractivity contribution in [1.29, 1.82) is 0 Å². The van der Waals surface area contributed by atoms with Gasteiger partial charge < -0.3 is 25.0 Å². The zero-order chi connectivity index (χ0) is 23.9. The van der Waals surface area contributed by atoms with Crippen molar-refractivity contribution in [3.8, 4) is 5.88 Å². The fourth-order valence-electron chi connectivity index (χ4n) is 3.56. The maximum absolute atomic E-state index is 11.7. The number of ether oxygens (including phenoxy) is 1. The van der Waals surface area contributed by atoms with Crippen molar-refractivity contribution in [2.75, 3.05) is 6.61 Å². The van der Waals surface area contributed by atoms with Gasteiger partial charge in [-0.3, -0.25) is 9.98 Å². The minimum Gasteiger partial charge on any atom is -0.494 e. The van der Waals surface area contributed by atoms with Gasteiger partial charge in [0.25, 0.3) is 0 Å². The van der Waals surface area contributed by atoms with E-state index in [2.05, 4.69) is 25.9 Å². The number of aromatic amines is 2. The SMILES string of the molecule is CC(C)(C)C(COC(N)=O)N=C(c1ccc2[nH]c(=O)oc2c1)c1c(O)[nH]c2ccc(Br)cc12. The Hall–Kier alpha value is -3.53. The maximum atomic E-state index is 11.7. The van der Waals surface area contributed by atoms with Gasteiger partial charge in [0.1, 0.15) is 6.61 Å². The van der Waals surface area contributed by atoms with Crippen molar-refractivity contribution in [1.82, 2.24) is 9.97 Å². The molecular weight excluding hydrogens is 492 g/mol. The van der Waals surface area contributed by atoms with Crippen LogP contribution in [0.2, 0.25) is 0 Å². The Labute approximate surface area is 196 Å². The largest absolute Gasteiger partial charge is 0.494 e. The average Bonchev–Trinajstić information content (AvgIpc) is 3.24. The number of aromatic hydroxyl groups is 1. The van der Waals surface area contributed by atoms with Crippen molar-refractivity contribution >= 4 is 49.7 Å². The van der Waals surface area contributed by atoms with Crippen molar-refractivity contribution in [2.24, 2.45) is 16.1 Å². The van der Waals surface area contributed by atoms with Crippen LogP contribution in [-0.4, -0.2) is 39.5 Å². The molecule has 0 aliphatic rings. The van der Waals surface area contributed by atoms with Crippen molar-refractivity contribution in [3.63, 3.8) is 0 Å². The first-order chi connectivity index (χ1) is 15.5. The van der Waals surface area contributed by atoms with Crippen LogP contribution >= 0.6 is 15.9 Å². The topological polar surface area (TPSA) is 147 Å². The molecule has 5 N–H and O–H groups in total. The third kappa shape index (κ3) is 4.65. The van der Waals surface area contributed by atoms with E-state index >= 15 is 0 Å². The van der Waals surface area contributed by atoms with E-state index in [4.69, 9.17) is 19.9 Å². The summed E-state index contributed by atoms with van der Waals surface area (Å²) in [6.07, 6.45) is -0.893. The summed E-state index contributed by atoms with van der Waals surface area (Å²) >= 11 is 3.48. The van der Waals surface area contributed by atoms with E-state index in [-0.39, 0.29) is 12.5 Å². The monoisotopic (exact) mass is 514 g/mol. The first kappa shape index (κ1) is 22.7. The van der Waals surface area contributed by atoms with Gasteiger partial charge in [0.15, 0.2) is 11.5 Å². The normalized spacial score (nSPS) is 13.5. The zero-order valence-corrected chi connectivity index (χ0v) is 19.8. The minimum absolute atomic E-state index is 0.0450. The first-order valence-corrected chi connectivity index (χ1v) is 11.0. The Morgan fingerprint density at radius 3 is 2.64 bits per heavy atom. The predicted molar refractivity (Wildman–Crippen MR) is 129 cm³/mol. The van der Waals surface area contributed by atoms with Gasteiger partial charge in [0.05, 0.1) is 22.8 Å². The van der Waals surface area contributed by atoms with Crippen LogP contribution in [0.4, 0.5) is 4.79 Å². The number of halogens is 1. The van der Waals surface area contributed by atoms with Crippen LogP contribution in [0.3, 0.4) is 0 Å². The Kier molecular flexibility index (Phi) is 5.79. The van der Waals surface area contributed by atoms with E-state index in [1.54, 1.807) is 18.2 Å². The maximum Gasteiger partial charge on any atom is 0.417 e. The Balaban J connectivity index is 1.98. The smallest absolute Gasteiger partial charge is 0.417 e. The molecule has 1 unspecified atom stereocenters. The molecule has 0 aliphatic carbocycles. The molecule has 33 heavy (non-hydrogen) atoms. The molecule has 172 valence electrons. The number of amides is 1.